The van der Waals surface area contributed by atoms with Crippen molar-refractivity contribution >= 4 is 11.9 Å². The molecule has 0 heterocycles. The highest BCUT2D eigenvalue weighted by Crippen LogP contribution is 2.66. The van der Waals surface area contributed by atoms with Gasteiger partial charge in [0.2, 0.25) is 0 Å². The Hall–Kier alpha value is -1.41. The van der Waals surface area contributed by atoms with Gasteiger partial charge in [-0.3, -0.25) is 4.79 Å². The third-order valence-electron chi connectivity index (χ3n) is 10.2. The van der Waals surface area contributed by atoms with Crippen LogP contribution >= 0.6 is 0 Å². The lowest BCUT2D eigenvalue weighted by atomic mass is 9.45. The zero-order valence-corrected chi connectivity index (χ0v) is 19.9. The van der Waals surface area contributed by atoms with Gasteiger partial charge in [0.1, 0.15) is 0 Å². The normalized spacial score (nSPS) is 43.6. The lowest BCUT2D eigenvalue weighted by molar-refractivity contribution is -0.141. The van der Waals surface area contributed by atoms with E-state index in [4.69, 9.17) is 0 Å². The summed E-state index contributed by atoms with van der Waals surface area (Å²) < 4.78 is 0. The van der Waals surface area contributed by atoms with Crippen LogP contribution in [0.5, 0.6) is 0 Å². The van der Waals surface area contributed by atoms with Crippen LogP contribution < -0.4 is 0 Å². The molecule has 2 heteroatoms. The Morgan fingerprint density at radius 3 is 2.45 bits per heavy atom. The van der Waals surface area contributed by atoms with Gasteiger partial charge in [-0.2, -0.15) is 0 Å². The highest BCUT2D eigenvalue weighted by molar-refractivity contribution is 6.05. The molecule has 0 unspecified atom stereocenters. The standard InChI is InChI=1S/C29H40O2/c1-18(2)20-7-5-19(6-8-20)15-21-16-26-24-10-9-22-17-23(30)11-13-28(22,3)25(24)12-14-29(26,4)27(21)31/h5-8,15,18,22-26,30H,9-14,16-17H2,1-4H3/b21-15-/t22-,23-,24-,25+,26+,28-,29-/m0/s1. The second kappa shape index (κ2) is 7.58. The minimum atomic E-state index is -0.164. The molecule has 1 aromatic carbocycles. The van der Waals surface area contributed by atoms with Crippen molar-refractivity contribution in [3.8, 4) is 0 Å². The van der Waals surface area contributed by atoms with Crippen molar-refractivity contribution in [2.75, 3.05) is 0 Å². The quantitative estimate of drug-likeness (QED) is 0.536. The van der Waals surface area contributed by atoms with Crippen LogP contribution in [0, 0.1) is 34.5 Å². The van der Waals surface area contributed by atoms with Crippen LogP contribution in [0.15, 0.2) is 29.8 Å². The summed E-state index contributed by atoms with van der Waals surface area (Å²) in [7, 11) is 0. The van der Waals surface area contributed by atoms with Crippen molar-refractivity contribution in [1.82, 2.24) is 0 Å². The Balaban J connectivity index is 1.41. The van der Waals surface area contributed by atoms with Crippen molar-refractivity contribution in [1.29, 1.82) is 0 Å². The molecule has 168 valence electrons. The molecular weight excluding hydrogens is 380 g/mol. The average molecular weight is 421 g/mol. The number of hydrogen-bond acceptors (Lipinski definition) is 2. The first-order valence-electron chi connectivity index (χ1n) is 12.8. The summed E-state index contributed by atoms with van der Waals surface area (Å²) in [6.45, 7) is 9.24. The zero-order valence-electron chi connectivity index (χ0n) is 19.9. The molecule has 0 aliphatic heterocycles. The number of ketones is 1. The number of benzene rings is 1. The van der Waals surface area contributed by atoms with Crippen LogP contribution in [0.2, 0.25) is 0 Å². The van der Waals surface area contributed by atoms with E-state index in [0.29, 0.717) is 34.9 Å². The van der Waals surface area contributed by atoms with Gasteiger partial charge in [-0.25, -0.2) is 0 Å². The largest absolute Gasteiger partial charge is 0.393 e. The van der Waals surface area contributed by atoms with E-state index in [1.807, 2.05) is 0 Å². The first-order valence-corrected chi connectivity index (χ1v) is 12.8. The fourth-order valence-corrected chi connectivity index (χ4v) is 8.21. The predicted molar refractivity (Wildman–Crippen MR) is 127 cm³/mol. The molecular formula is C29H40O2. The summed E-state index contributed by atoms with van der Waals surface area (Å²) in [5.74, 6) is 3.54. The maximum absolute atomic E-state index is 13.6. The predicted octanol–water partition coefficient (Wildman–Crippen LogP) is 6.78. The van der Waals surface area contributed by atoms with E-state index in [2.05, 4.69) is 58.0 Å². The number of carbonyl (C=O) groups excluding carboxylic acids is 1. The molecule has 5 rings (SSSR count). The number of allylic oxidation sites excluding steroid dienone is 1. The third-order valence-corrected chi connectivity index (χ3v) is 10.2. The van der Waals surface area contributed by atoms with Gasteiger partial charge in [0, 0.05) is 5.41 Å². The van der Waals surface area contributed by atoms with Gasteiger partial charge in [-0.1, -0.05) is 52.0 Å². The molecule has 1 N–H and O–H groups in total. The lowest BCUT2D eigenvalue weighted by Crippen LogP contribution is -2.54. The number of carbonyl (C=O) groups is 1. The average Bonchev–Trinajstić information content (AvgIpc) is 2.99. The Labute approximate surface area is 188 Å². The molecule has 0 amide bonds. The summed E-state index contributed by atoms with van der Waals surface area (Å²) in [6.07, 6.45) is 10.9. The summed E-state index contributed by atoms with van der Waals surface area (Å²) in [6, 6.07) is 8.78. The smallest absolute Gasteiger partial charge is 0.165 e. The summed E-state index contributed by atoms with van der Waals surface area (Å²) in [5.41, 5.74) is 3.79. The van der Waals surface area contributed by atoms with E-state index in [0.717, 1.165) is 37.2 Å². The fourth-order valence-electron chi connectivity index (χ4n) is 8.21. The van der Waals surface area contributed by atoms with E-state index in [-0.39, 0.29) is 11.5 Å². The number of Topliss-reactive ketones (excluding diaryl/α,β-unsaturated/α-hetero) is 1. The molecule has 4 fully saturated rings. The second-order valence-electron chi connectivity index (χ2n) is 12.1. The SMILES string of the molecule is CC(C)c1ccc(/C=C2/C[C@@H]3[C@H]4CC[C@H]5C[C@@H](O)CC[C@]5(C)[C@@H]4CC[C@]3(C)C2=O)cc1. The Morgan fingerprint density at radius 2 is 1.74 bits per heavy atom. The molecule has 0 radical (unpaired) electrons. The van der Waals surface area contributed by atoms with Gasteiger partial charge in [0.15, 0.2) is 5.78 Å². The molecule has 4 aliphatic carbocycles. The van der Waals surface area contributed by atoms with Gasteiger partial charge >= 0.3 is 0 Å². The van der Waals surface area contributed by atoms with Gasteiger partial charge in [-0.15, -0.1) is 0 Å². The number of fused-ring (bicyclic) bond motifs is 5. The second-order valence-corrected chi connectivity index (χ2v) is 12.1. The highest BCUT2D eigenvalue weighted by atomic mass is 16.3. The molecule has 7 atom stereocenters. The molecule has 0 bridgehead atoms. The van der Waals surface area contributed by atoms with Crippen LogP contribution in [0.3, 0.4) is 0 Å². The van der Waals surface area contributed by atoms with Crippen molar-refractivity contribution < 1.29 is 9.90 Å². The van der Waals surface area contributed by atoms with E-state index in [1.54, 1.807) is 0 Å². The highest BCUT2D eigenvalue weighted by Gasteiger charge is 2.61. The summed E-state index contributed by atoms with van der Waals surface area (Å²) in [4.78, 5) is 13.6. The van der Waals surface area contributed by atoms with Crippen molar-refractivity contribution in [2.24, 2.45) is 34.5 Å². The van der Waals surface area contributed by atoms with E-state index in [1.165, 1.54) is 36.8 Å². The van der Waals surface area contributed by atoms with Crippen LogP contribution in [0.4, 0.5) is 0 Å². The Morgan fingerprint density at radius 1 is 1.00 bits per heavy atom. The van der Waals surface area contributed by atoms with Crippen LogP contribution in [-0.4, -0.2) is 17.0 Å². The van der Waals surface area contributed by atoms with Crippen LogP contribution in [-0.2, 0) is 4.79 Å². The topological polar surface area (TPSA) is 37.3 Å². The molecule has 2 nitrogen and oxygen atoms in total. The third kappa shape index (κ3) is 3.36. The number of rotatable bonds is 2. The monoisotopic (exact) mass is 420 g/mol. The Bertz CT molecular complexity index is 881. The Kier molecular flexibility index (Phi) is 5.24. The fraction of sp³-hybridized carbons (Fsp3) is 0.690. The van der Waals surface area contributed by atoms with Crippen LogP contribution in [0.1, 0.15) is 96.1 Å². The minimum absolute atomic E-state index is 0.0897. The van der Waals surface area contributed by atoms with Crippen molar-refractivity contribution in [3.05, 3.63) is 41.0 Å². The molecule has 0 spiro atoms. The number of hydrogen-bond donors (Lipinski definition) is 1. The molecule has 0 aromatic heterocycles. The lowest BCUT2D eigenvalue weighted by Gasteiger charge is -2.59. The van der Waals surface area contributed by atoms with E-state index >= 15 is 0 Å². The summed E-state index contributed by atoms with van der Waals surface area (Å²) in [5, 5.41) is 10.3. The van der Waals surface area contributed by atoms with E-state index < -0.39 is 0 Å². The first-order chi connectivity index (χ1) is 14.7. The molecule has 4 aliphatic rings. The maximum Gasteiger partial charge on any atom is 0.165 e. The van der Waals surface area contributed by atoms with Crippen molar-refractivity contribution in [3.63, 3.8) is 0 Å². The van der Waals surface area contributed by atoms with Crippen molar-refractivity contribution in [2.45, 2.75) is 91.1 Å². The number of aliphatic hydroxyl groups is 1. The maximum atomic E-state index is 13.6. The summed E-state index contributed by atoms with van der Waals surface area (Å²) >= 11 is 0. The minimum Gasteiger partial charge on any atom is -0.393 e. The molecule has 31 heavy (non-hydrogen) atoms. The van der Waals surface area contributed by atoms with Gasteiger partial charge < -0.3 is 5.11 Å². The molecule has 1 aromatic rings. The van der Waals surface area contributed by atoms with Gasteiger partial charge in [-0.05, 0) is 109 Å². The zero-order chi connectivity index (χ0) is 22.0. The van der Waals surface area contributed by atoms with Crippen LogP contribution in [0.25, 0.3) is 6.08 Å². The van der Waals surface area contributed by atoms with Gasteiger partial charge in [0.25, 0.3) is 0 Å². The van der Waals surface area contributed by atoms with Gasteiger partial charge in [0.05, 0.1) is 6.10 Å². The first kappa shape index (κ1) is 21.4. The molecule has 4 saturated carbocycles. The van der Waals surface area contributed by atoms with E-state index in [9.17, 15) is 9.90 Å². The molecule has 0 saturated heterocycles. The number of aliphatic hydroxyl groups excluding tert-OH is 1.